The minimum absolute atomic E-state index is 0.00492. The first kappa shape index (κ1) is 21.7. The quantitative estimate of drug-likeness (QED) is 0.362. The summed E-state index contributed by atoms with van der Waals surface area (Å²) in [5, 5.41) is 24.1. The van der Waals surface area contributed by atoms with E-state index in [0.717, 1.165) is 35.9 Å². The molecule has 0 radical (unpaired) electrons. The molecule has 0 aliphatic carbocycles. The van der Waals surface area contributed by atoms with Crippen molar-refractivity contribution in [3.63, 3.8) is 0 Å². The van der Waals surface area contributed by atoms with Gasteiger partial charge >= 0.3 is 0 Å². The highest BCUT2D eigenvalue weighted by Crippen LogP contribution is 2.21. The molecule has 1 unspecified atom stereocenters. The van der Waals surface area contributed by atoms with Crippen molar-refractivity contribution in [2.45, 2.75) is 25.6 Å². The van der Waals surface area contributed by atoms with Gasteiger partial charge in [0.25, 0.3) is 5.91 Å². The van der Waals surface area contributed by atoms with Crippen LogP contribution in [-0.2, 0) is 11.3 Å². The van der Waals surface area contributed by atoms with Crippen LogP contribution in [0.5, 0.6) is 5.75 Å². The van der Waals surface area contributed by atoms with Crippen molar-refractivity contribution in [1.29, 1.82) is 0 Å². The van der Waals surface area contributed by atoms with Gasteiger partial charge in [-0.05, 0) is 54.8 Å². The summed E-state index contributed by atoms with van der Waals surface area (Å²) in [6, 6.07) is 14.4. The normalized spacial score (nSPS) is 12.2. The SMILES string of the molecule is NC(=O)c1cc(C(O)CNCCCCOCc2cnc3ccccc3c2)ccc1O. The van der Waals surface area contributed by atoms with E-state index in [4.69, 9.17) is 10.5 Å². The number of benzene rings is 2. The van der Waals surface area contributed by atoms with Gasteiger partial charge in [0, 0.05) is 24.7 Å². The molecule has 3 rings (SSSR count). The Kier molecular flexibility index (Phi) is 7.73. The number of hydrogen-bond acceptors (Lipinski definition) is 6. The molecule has 0 aliphatic heterocycles. The van der Waals surface area contributed by atoms with Gasteiger partial charge in [-0.25, -0.2) is 0 Å². The van der Waals surface area contributed by atoms with E-state index in [1.165, 1.54) is 12.1 Å². The number of hydrogen-bond donors (Lipinski definition) is 4. The van der Waals surface area contributed by atoms with Crippen molar-refractivity contribution in [2.75, 3.05) is 19.7 Å². The number of pyridine rings is 1. The Hall–Kier alpha value is -3.00. The number of nitrogens with one attached hydrogen (secondary N) is 1. The van der Waals surface area contributed by atoms with Gasteiger partial charge in [-0.15, -0.1) is 0 Å². The number of para-hydroxylation sites is 1. The van der Waals surface area contributed by atoms with Gasteiger partial charge < -0.3 is 26.0 Å². The summed E-state index contributed by atoms with van der Waals surface area (Å²) in [7, 11) is 0. The molecule has 2 aromatic carbocycles. The largest absolute Gasteiger partial charge is 0.507 e. The molecule has 5 N–H and O–H groups in total. The highest BCUT2D eigenvalue weighted by Gasteiger charge is 2.13. The Labute approximate surface area is 175 Å². The molecule has 1 aromatic heterocycles. The van der Waals surface area contributed by atoms with Gasteiger partial charge in [-0.3, -0.25) is 9.78 Å². The van der Waals surface area contributed by atoms with Crippen molar-refractivity contribution in [2.24, 2.45) is 5.73 Å². The molecule has 3 aromatic rings. The number of carbonyl (C=O) groups excluding carboxylic acids is 1. The maximum Gasteiger partial charge on any atom is 0.252 e. The Bertz CT molecular complexity index is 993. The number of unbranched alkanes of at least 4 members (excludes halogenated alkanes) is 1. The number of aromatic nitrogens is 1. The lowest BCUT2D eigenvalue weighted by Crippen LogP contribution is -2.23. The Morgan fingerprint density at radius 3 is 2.83 bits per heavy atom. The zero-order valence-corrected chi connectivity index (χ0v) is 16.8. The lowest BCUT2D eigenvalue weighted by molar-refractivity contribution is 0.0997. The van der Waals surface area contributed by atoms with Crippen molar-refractivity contribution in [1.82, 2.24) is 10.3 Å². The lowest BCUT2D eigenvalue weighted by Gasteiger charge is -2.13. The maximum atomic E-state index is 11.3. The number of aliphatic hydroxyl groups excluding tert-OH is 1. The van der Waals surface area contributed by atoms with E-state index in [2.05, 4.69) is 16.4 Å². The third-order valence-corrected chi connectivity index (χ3v) is 4.82. The third-order valence-electron chi connectivity index (χ3n) is 4.82. The molecule has 0 fully saturated rings. The Morgan fingerprint density at radius 1 is 1.17 bits per heavy atom. The van der Waals surface area contributed by atoms with Crippen LogP contribution in [0.25, 0.3) is 10.9 Å². The molecule has 1 atom stereocenters. The molecule has 1 heterocycles. The van der Waals surface area contributed by atoms with Gasteiger partial charge in [-0.1, -0.05) is 24.3 Å². The van der Waals surface area contributed by atoms with Crippen LogP contribution in [0.4, 0.5) is 0 Å². The van der Waals surface area contributed by atoms with E-state index in [0.29, 0.717) is 25.3 Å². The minimum Gasteiger partial charge on any atom is -0.507 e. The van der Waals surface area contributed by atoms with E-state index in [-0.39, 0.29) is 11.3 Å². The summed E-state index contributed by atoms with van der Waals surface area (Å²) in [4.78, 5) is 15.7. The number of ether oxygens (including phenoxy) is 1. The van der Waals surface area contributed by atoms with Crippen molar-refractivity contribution >= 4 is 16.8 Å². The first-order valence-corrected chi connectivity index (χ1v) is 9.97. The van der Waals surface area contributed by atoms with Crippen LogP contribution in [0.2, 0.25) is 0 Å². The molecule has 0 saturated carbocycles. The fraction of sp³-hybridized carbons (Fsp3) is 0.304. The number of aromatic hydroxyl groups is 1. The highest BCUT2D eigenvalue weighted by molar-refractivity contribution is 5.95. The zero-order valence-electron chi connectivity index (χ0n) is 16.8. The average Bonchev–Trinajstić information content (AvgIpc) is 2.75. The van der Waals surface area contributed by atoms with Gasteiger partial charge in [0.2, 0.25) is 0 Å². The summed E-state index contributed by atoms with van der Waals surface area (Å²) < 4.78 is 5.73. The first-order chi connectivity index (χ1) is 14.5. The number of aliphatic hydroxyl groups is 1. The van der Waals surface area contributed by atoms with Gasteiger partial charge in [0.05, 0.1) is 23.8 Å². The number of carbonyl (C=O) groups is 1. The average molecular weight is 409 g/mol. The van der Waals surface area contributed by atoms with Crippen LogP contribution < -0.4 is 11.1 Å². The monoisotopic (exact) mass is 409 g/mol. The molecule has 0 bridgehead atoms. The fourth-order valence-corrected chi connectivity index (χ4v) is 3.15. The van der Waals surface area contributed by atoms with Crippen LogP contribution in [0.1, 0.15) is 40.4 Å². The summed E-state index contributed by atoms with van der Waals surface area (Å²) in [6.45, 7) is 2.26. The second-order valence-electron chi connectivity index (χ2n) is 7.16. The van der Waals surface area contributed by atoms with E-state index in [1.54, 1.807) is 6.07 Å². The predicted octanol–water partition coefficient (Wildman–Crippen LogP) is 2.66. The minimum atomic E-state index is -0.791. The van der Waals surface area contributed by atoms with Crippen LogP contribution in [0.15, 0.2) is 54.7 Å². The summed E-state index contributed by atoms with van der Waals surface area (Å²) in [6.07, 6.45) is 2.86. The van der Waals surface area contributed by atoms with E-state index in [9.17, 15) is 15.0 Å². The van der Waals surface area contributed by atoms with Crippen LogP contribution in [0, 0.1) is 0 Å². The number of primary amides is 1. The summed E-state index contributed by atoms with van der Waals surface area (Å²) in [5.74, 6) is -0.917. The van der Waals surface area contributed by atoms with E-state index >= 15 is 0 Å². The Balaban J connectivity index is 1.31. The molecule has 0 spiro atoms. The number of nitrogens with two attached hydrogens (primary N) is 1. The van der Waals surface area contributed by atoms with Crippen molar-refractivity contribution in [3.05, 3.63) is 71.4 Å². The molecule has 0 aliphatic rings. The zero-order chi connectivity index (χ0) is 21.3. The molecule has 30 heavy (non-hydrogen) atoms. The van der Waals surface area contributed by atoms with Gasteiger partial charge in [-0.2, -0.15) is 0 Å². The molecule has 7 nitrogen and oxygen atoms in total. The van der Waals surface area contributed by atoms with Crippen LogP contribution in [-0.4, -0.2) is 40.8 Å². The number of fused-ring (bicyclic) bond motifs is 1. The van der Waals surface area contributed by atoms with Crippen LogP contribution >= 0.6 is 0 Å². The van der Waals surface area contributed by atoms with Gasteiger partial charge in [0.15, 0.2) is 0 Å². The lowest BCUT2D eigenvalue weighted by atomic mass is 10.0. The summed E-state index contributed by atoms with van der Waals surface area (Å²) >= 11 is 0. The number of amides is 1. The van der Waals surface area contributed by atoms with Gasteiger partial charge in [0.1, 0.15) is 5.75 Å². The summed E-state index contributed by atoms with van der Waals surface area (Å²) in [5.41, 5.74) is 7.78. The first-order valence-electron chi connectivity index (χ1n) is 9.97. The third kappa shape index (κ3) is 6.00. The van der Waals surface area contributed by atoms with E-state index in [1.807, 2.05) is 30.5 Å². The number of rotatable bonds is 11. The molecule has 1 amide bonds. The topological polar surface area (TPSA) is 118 Å². The smallest absolute Gasteiger partial charge is 0.252 e. The molecule has 158 valence electrons. The van der Waals surface area contributed by atoms with Crippen molar-refractivity contribution < 1.29 is 19.7 Å². The second-order valence-corrected chi connectivity index (χ2v) is 7.16. The molecule has 7 heteroatoms. The standard InChI is InChI=1S/C23H27N3O4/c24-23(29)19-12-18(7-8-21(19)27)22(28)14-25-9-3-4-10-30-15-16-11-17-5-1-2-6-20(17)26-13-16/h1-2,5-8,11-13,22,25,27-28H,3-4,9-10,14-15H2,(H2,24,29). The number of nitrogens with zero attached hydrogens (tertiary/aromatic N) is 1. The fourth-order valence-electron chi connectivity index (χ4n) is 3.15. The predicted molar refractivity (Wildman–Crippen MR) is 115 cm³/mol. The van der Waals surface area contributed by atoms with Crippen molar-refractivity contribution in [3.8, 4) is 5.75 Å². The van der Waals surface area contributed by atoms with Crippen LogP contribution in [0.3, 0.4) is 0 Å². The highest BCUT2D eigenvalue weighted by atomic mass is 16.5. The maximum absolute atomic E-state index is 11.3. The van der Waals surface area contributed by atoms with E-state index < -0.39 is 12.0 Å². The molecular weight excluding hydrogens is 382 g/mol. The Morgan fingerprint density at radius 2 is 2.00 bits per heavy atom. The second kappa shape index (κ2) is 10.7. The molecule has 0 saturated heterocycles. The molecular formula is C23H27N3O4. The number of phenols is 1.